The van der Waals surface area contributed by atoms with E-state index < -0.39 is 49.5 Å². The number of unbranched alkanes of at least 4 members (excludes halogenated alkanes) is 11. The van der Waals surface area contributed by atoms with Crippen LogP contribution in [0.5, 0.6) is 0 Å². The highest BCUT2D eigenvalue weighted by atomic mass is 16.7. The standard InChI is InChI=1S/C24H47NO7/c1-2-3-4-5-6-7-8-9-10-11-12-13-14-15-19(27)18(25)17-31-24-23(30)22(29)21(28)20(16-26)32-24/h14-15,18-24,26-30H,2-13,16-17,25H2,1H3/t18?,19?,20-,21-,22+,23-,24?/m1/s1. The first-order valence-electron chi connectivity index (χ1n) is 12.4. The van der Waals surface area contributed by atoms with Crippen LogP contribution in [0.4, 0.5) is 0 Å². The van der Waals surface area contributed by atoms with Crippen molar-refractivity contribution in [1.82, 2.24) is 0 Å². The van der Waals surface area contributed by atoms with E-state index in [1.165, 1.54) is 64.2 Å². The molecule has 0 aromatic rings. The second kappa shape index (κ2) is 17.8. The topological polar surface area (TPSA) is 146 Å². The Morgan fingerprint density at radius 3 is 2.00 bits per heavy atom. The van der Waals surface area contributed by atoms with E-state index in [0.29, 0.717) is 0 Å². The van der Waals surface area contributed by atoms with Crippen molar-refractivity contribution in [1.29, 1.82) is 0 Å². The van der Waals surface area contributed by atoms with Gasteiger partial charge in [0, 0.05) is 0 Å². The van der Waals surface area contributed by atoms with Crippen LogP contribution in [-0.2, 0) is 9.47 Å². The summed E-state index contributed by atoms with van der Waals surface area (Å²) in [5.74, 6) is 0. The SMILES string of the molecule is CCCCCCCCCCCCCC=CC(O)C(N)COC1O[C@H](CO)[C@@H](O)[C@H](O)[C@H]1O. The van der Waals surface area contributed by atoms with Gasteiger partial charge in [-0.05, 0) is 12.8 Å². The van der Waals surface area contributed by atoms with E-state index in [0.717, 1.165) is 12.8 Å². The average molecular weight is 462 g/mol. The fraction of sp³-hybridized carbons (Fsp3) is 0.917. The molecule has 0 spiro atoms. The Morgan fingerprint density at radius 2 is 1.44 bits per heavy atom. The molecule has 7 N–H and O–H groups in total. The maximum Gasteiger partial charge on any atom is 0.186 e. The second-order valence-corrected chi connectivity index (χ2v) is 8.94. The molecule has 0 bridgehead atoms. The molecule has 1 heterocycles. The lowest BCUT2D eigenvalue weighted by Crippen LogP contribution is -2.59. The van der Waals surface area contributed by atoms with Crippen molar-refractivity contribution in [3.8, 4) is 0 Å². The Bertz CT molecular complexity index is 477. The van der Waals surface area contributed by atoms with E-state index in [4.69, 9.17) is 15.2 Å². The molecule has 0 aromatic heterocycles. The minimum atomic E-state index is -1.50. The summed E-state index contributed by atoms with van der Waals surface area (Å²) in [6.45, 7) is 1.60. The predicted octanol–water partition coefficient (Wildman–Crippen LogP) is 1.75. The third kappa shape index (κ3) is 11.5. The summed E-state index contributed by atoms with van der Waals surface area (Å²) in [6.07, 6.45) is 11.1. The van der Waals surface area contributed by atoms with E-state index in [1.807, 2.05) is 6.08 Å². The molecule has 0 aromatic carbocycles. The first-order valence-corrected chi connectivity index (χ1v) is 12.4. The zero-order valence-electron chi connectivity index (χ0n) is 19.7. The van der Waals surface area contributed by atoms with Crippen LogP contribution >= 0.6 is 0 Å². The van der Waals surface area contributed by atoms with Crippen molar-refractivity contribution in [2.75, 3.05) is 13.2 Å². The Hall–Kier alpha value is -0.580. The van der Waals surface area contributed by atoms with Crippen LogP contribution in [0.25, 0.3) is 0 Å². The van der Waals surface area contributed by atoms with E-state index in [-0.39, 0.29) is 6.61 Å². The Balaban J connectivity index is 2.10. The quantitative estimate of drug-likeness (QED) is 0.134. The van der Waals surface area contributed by atoms with E-state index >= 15 is 0 Å². The van der Waals surface area contributed by atoms with Crippen molar-refractivity contribution in [3.05, 3.63) is 12.2 Å². The minimum Gasteiger partial charge on any atom is -0.394 e. The molecule has 1 fully saturated rings. The molecule has 1 aliphatic rings. The van der Waals surface area contributed by atoms with E-state index in [1.54, 1.807) is 6.08 Å². The number of hydrogen-bond acceptors (Lipinski definition) is 8. The van der Waals surface area contributed by atoms with Gasteiger partial charge in [0.15, 0.2) is 6.29 Å². The molecule has 190 valence electrons. The van der Waals surface area contributed by atoms with Crippen molar-refractivity contribution in [3.63, 3.8) is 0 Å². The van der Waals surface area contributed by atoms with Gasteiger partial charge in [0.1, 0.15) is 24.4 Å². The number of ether oxygens (including phenoxy) is 2. The van der Waals surface area contributed by atoms with Gasteiger partial charge in [-0.15, -0.1) is 0 Å². The van der Waals surface area contributed by atoms with Crippen LogP contribution in [0.3, 0.4) is 0 Å². The van der Waals surface area contributed by atoms with E-state index in [9.17, 15) is 25.5 Å². The summed E-state index contributed by atoms with van der Waals surface area (Å²) in [6, 6.07) is -0.740. The van der Waals surface area contributed by atoms with Gasteiger partial charge in [0.2, 0.25) is 0 Å². The number of aliphatic hydroxyl groups excluding tert-OH is 5. The van der Waals surface area contributed by atoms with Crippen LogP contribution in [0.1, 0.15) is 84.0 Å². The fourth-order valence-corrected chi connectivity index (χ4v) is 3.81. The summed E-state index contributed by atoms with van der Waals surface area (Å²) < 4.78 is 10.6. The monoisotopic (exact) mass is 461 g/mol. The Labute approximate surface area is 193 Å². The highest BCUT2D eigenvalue weighted by molar-refractivity contribution is 4.94. The van der Waals surface area contributed by atoms with Crippen LogP contribution in [0.2, 0.25) is 0 Å². The molecule has 0 radical (unpaired) electrons. The van der Waals surface area contributed by atoms with Gasteiger partial charge in [0.25, 0.3) is 0 Å². The van der Waals surface area contributed by atoms with Gasteiger partial charge in [0.05, 0.1) is 25.4 Å². The van der Waals surface area contributed by atoms with Crippen LogP contribution in [-0.4, -0.2) is 81.6 Å². The van der Waals surface area contributed by atoms with Crippen LogP contribution < -0.4 is 5.73 Å². The van der Waals surface area contributed by atoms with Crippen LogP contribution in [0, 0.1) is 0 Å². The van der Waals surface area contributed by atoms with Crippen molar-refractivity contribution >= 4 is 0 Å². The zero-order valence-corrected chi connectivity index (χ0v) is 19.7. The Morgan fingerprint density at radius 1 is 0.875 bits per heavy atom. The second-order valence-electron chi connectivity index (χ2n) is 8.94. The molecule has 32 heavy (non-hydrogen) atoms. The first-order chi connectivity index (χ1) is 15.4. The van der Waals surface area contributed by atoms with Gasteiger partial charge in [-0.1, -0.05) is 83.3 Å². The molecular weight excluding hydrogens is 414 g/mol. The van der Waals surface area contributed by atoms with Gasteiger partial charge in [-0.2, -0.15) is 0 Å². The molecule has 8 nitrogen and oxygen atoms in total. The largest absolute Gasteiger partial charge is 0.394 e. The lowest BCUT2D eigenvalue weighted by Gasteiger charge is -2.39. The minimum absolute atomic E-state index is 0.118. The highest BCUT2D eigenvalue weighted by Gasteiger charge is 2.44. The number of hydrogen-bond donors (Lipinski definition) is 6. The summed E-state index contributed by atoms with van der Waals surface area (Å²) in [7, 11) is 0. The first kappa shape index (κ1) is 29.5. The number of nitrogens with two attached hydrogens (primary N) is 1. The third-order valence-corrected chi connectivity index (χ3v) is 6.05. The molecule has 1 rings (SSSR count). The predicted molar refractivity (Wildman–Crippen MR) is 124 cm³/mol. The molecule has 0 saturated carbocycles. The molecule has 8 heteroatoms. The molecule has 1 saturated heterocycles. The summed E-state index contributed by atoms with van der Waals surface area (Å²) in [5, 5.41) is 48.8. The number of rotatable bonds is 18. The smallest absolute Gasteiger partial charge is 0.186 e. The molecule has 0 amide bonds. The van der Waals surface area contributed by atoms with Crippen molar-refractivity contribution < 1.29 is 35.0 Å². The normalized spacial score (nSPS) is 28.3. The van der Waals surface area contributed by atoms with Gasteiger partial charge < -0.3 is 40.7 Å². The van der Waals surface area contributed by atoms with E-state index in [2.05, 4.69) is 6.92 Å². The van der Waals surface area contributed by atoms with Crippen molar-refractivity contribution in [2.24, 2.45) is 5.73 Å². The van der Waals surface area contributed by atoms with Crippen LogP contribution in [0.15, 0.2) is 12.2 Å². The van der Waals surface area contributed by atoms with Gasteiger partial charge in [-0.25, -0.2) is 0 Å². The van der Waals surface area contributed by atoms with Crippen molar-refractivity contribution in [2.45, 2.75) is 127 Å². The molecule has 7 atom stereocenters. The molecule has 0 aliphatic carbocycles. The van der Waals surface area contributed by atoms with Gasteiger partial charge >= 0.3 is 0 Å². The summed E-state index contributed by atoms with van der Waals surface area (Å²) >= 11 is 0. The molecule has 3 unspecified atom stereocenters. The summed E-state index contributed by atoms with van der Waals surface area (Å²) in [4.78, 5) is 0. The Kier molecular flexibility index (Phi) is 16.4. The van der Waals surface area contributed by atoms with Gasteiger partial charge in [-0.3, -0.25) is 0 Å². The number of allylic oxidation sites excluding steroid dienone is 1. The third-order valence-electron chi connectivity index (χ3n) is 6.05. The average Bonchev–Trinajstić information content (AvgIpc) is 2.79. The number of aliphatic hydroxyl groups is 5. The fourth-order valence-electron chi connectivity index (χ4n) is 3.81. The maximum atomic E-state index is 10.2. The lowest BCUT2D eigenvalue weighted by atomic mass is 9.99. The molecular formula is C24H47NO7. The molecule has 1 aliphatic heterocycles. The maximum absolute atomic E-state index is 10.2. The summed E-state index contributed by atoms with van der Waals surface area (Å²) in [5.41, 5.74) is 5.93. The highest BCUT2D eigenvalue weighted by Crippen LogP contribution is 2.22. The zero-order chi connectivity index (χ0) is 23.8. The lowest BCUT2D eigenvalue weighted by molar-refractivity contribution is -0.302.